The molecule has 1 aromatic carbocycles. The number of aromatic nitrogens is 2. The molecule has 0 saturated heterocycles. The van der Waals surface area contributed by atoms with Crippen molar-refractivity contribution in [3.63, 3.8) is 0 Å². The Labute approximate surface area is 113 Å². The first-order chi connectivity index (χ1) is 9.19. The highest BCUT2D eigenvalue weighted by Gasteiger charge is 2.13. The minimum absolute atomic E-state index is 0.318. The first kappa shape index (κ1) is 13.2. The molecule has 0 amide bonds. The molecule has 4 heteroatoms. The number of aryl methyl sites for hydroxylation is 2. The van der Waals surface area contributed by atoms with Crippen LogP contribution in [0.25, 0.3) is 11.4 Å². The fourth-order valence-electron chi connectivity index (χ4n) is 2.03. The zero-order valence-electron chi connectivity index (χ0n) is 11.4. The number of imidazole rings is 1. The highest BCUT2D eigenvalue weighted by atomic mass is 16.5. The van der Waals surface area contributed by atoms with E-state index < -0.39 is 0 Å². The van der Waals surface area contributed by atoms with E-state index in [2.05, 4.69) is 29.0 Å². The maximum absolute atomic E-state index is 8.78. The first-order valence-corrected chi connectivity index (χ1v) is 6.29. The smallest absolute Gasteiger partial charge is 0.141 e. The van der Waals surface area contributed by atoms with Crippen LogP contribution in [0.15, 0.2) is 18.2 Å². The molecule has 0 aliphatic rings. The molecule has 0 aliphatic heterocycles. The Morgan fingerprint density at radius 2 is 2.21 bits per heavy atom. The summed E-state index contributed by atoms with van der Waals surface area (Å²) in [6, 6.07) is 8.21. The molecule has 19 heavy (non-hydrogen) atoms. The van der Waals surface area contributed by atoms with Gasteiger partial charge in [-0.15, -0.1) is 0 Å². The van der Waals surface area contributed by atoms with E-state index in [-0.39, 0.29) is 0 Å². The number of methoxy groups -OCH3 is 1. The molecule has 1 aromatic heterocycles. The van der Waals surface area contributed by atoms with Crippen LogP contribution in [0.5, 0.6) is 5.75 Å². The Morgan fingerprint density at radius 3 is 2.84 bits per heavy atom. The van der Waals surface area contributed by atoms with E-state index in [1.54, 1.807) is 7.11 Å². The van der Waals surface area contributed by atoms with Crippen LogP contribution in [0.1, 0.15) is 23.9 Å². The number of H-pyrrole nitrogens is 1. The zero-order chi connectivity index (χ0) is 13.8. The van der Waals surface area contributed by atoms with Crippen LogP contribution in [0, 0.1) is 18.3 Å². The SMILES string of the molecule is CCc1ccc(OC)c(-c2nc(CC#N)c(C)[nH]2)c1. The fourth-order valence-corrected chi connectivity index (χ4v) is 2.03. The molecule has 0 fully saturated rings. The standard InChI is InChI=1S/C15H17N3O/c1-4-11-5-6-14(19-3)12(9-11)15-17-10(2)13(18-15)7-8-16/h5-6,9H,4,7H2,1-3H3,(H,17,18). The molecule has 0 atom stereocenters. The molecule has 0 bridgehead atoms. The number of hydrogen-bond acceptors (Lipinski definition) is 3. The molecular formula is C15H17N3O. The fraction of sp³-hybridized carbons (Fsp3) is 0.333. The van der Waals surface area contributed by atoms with Crippen LogP contribution in [0.4, 0.5) is 0 Å². The lowest BCUT2D eigenvalue weighted by atomic mass is 10.1. The Bertz CT molecular complexity index is 623. The van der Waals surface area contributed by atoms with Gasteiger partial charge < -0.3 is 9.72 Å². The van der Waals surface area contributed by atoms with Gasteiger partial charge >= 0.3 is 0 Å². The van der Waals surface area contributed by atoms with E-state index in [1.165, 1.54) is 5.56 Å². The quantitative estimate of drug-likeness (QED) is 0.913. The Balaban J connectivity index is 2.51. The number of hydrogen-bond donors (Lipinski definition) is 1. The second kappa shape index (κ2) is 5.57. The predicted octanol–water partition coefficient (Wildman–Crippen LogP) is 3.02. The summed E-state index contributed by atoms with van der Waals surface area (Å²) in [4.78, 5) is 7.73. The van der Waals surface area contributed by atoms with Gasteiger partial charge in [0.1, 0.15) is 11.6 Å². The summed E-state index contributed by atoms with van der Waals surface area (Å²) in [5, 5.41) is 8.78. The summed E-state index contributed by atoms with van der Waals surface area (Å²) in [5.74, 6) is 1.55. The van der Waals surface area contributed by atoms with Crippen molar-refractivity contribution >= 4 is 0 Å². The maximum Gasteiger partial charge on any atom is 0.141 e. The Kier molecular flexibility index (Phi) is 3.86. The molecule has 1 N–H and O–H groups in total. The molecule has 98 valence electrons. The third kappa shape index (κ3) is 2.60. The topological polar surface area (TPSA) is 61.7 Å². The van der Waals surface area contributed by atoms with Gasteiger partial charge in [-0.2, -0.15) is 5.26 Å². The van der Waals surface area contributed by atoms with Crippen LogP contribution >= 0.6 is 0 Å². The van der Waals surface area contributed by atoms with E-state index in [4.69, 9.17) is 10.00 Å². The molecule has 0 unspecified atom stereocenters. The van der Waals surface area contributed by atoms with E-state index in [9.17, 15) is 0 Å². The van der Waals surface area contributed by atoms with E-state index in [0.29, 0.717) is 6.42 Å². The molecule has 4 nitrogen and oxygen atoms in total. The summed E-state index contributed by atoms with van der Waals surface area (Å²) < 4.78 is 5.38. The largest absolute Gasteiger partial charge is 0.496 e. The predicted molar refractivity (Wildman–Crippen MR) is 74.0 cm³/mol. The van der Waals surface area contributed by atoms with Gasteiger partial charge in [0.25, 0.3) is 0 Å². The van der Waals surface area contributed by atoms with Gasteiger partial charge in [-0.25, -0.2) is 4.98 Å². The second-order valence-electron chi connectivity index (χ2n) is 4.38. The zero-order valence-corrected chi connectivity index (χ0v) is 11.4. The molecular weight excluding hydrogens is 238 g/mol. The van der Waals surface area contributed by atoms with Crippen LogP contribution in [0.2, 0.25) is 0 Å². The van der Waals surface area contributed by atoms with Crippen molar-refractivity contribution in [3.05, 3.63) is 35.2 Å². The van der Waals surface area contributed by atoms with E-state index >= 15 is 0 Å². The molecule has 0 spiro atoms. The maximum atomic E-state index is 8.78. The van der Waals surface area contributed by atoms with Crippen LogP contribution in [0.3, 0.4) is 0 Å². The van der Waals surface area contributed by atoms with Crippen molar-refractivity contribution in [1.82, 2.24) is 9.97 Å². The minimum Gasteiger partial charge on any atom is -0.496 e. The van der Waals surface area contributed by atoms with Crippen molar-refractivity contribution in [2.45, 2.75) is 26.7 Å². The van der Waals surface area contributed by atoms with Gasteiger partial charge in [-0.1, -0.05) is 13.0 Å². The molecule has 0 saturated carbocycles. The second-order valence-corrected chi connectivity index (χ2v) is 4.38. The summed E-state index contributed by atoms with van der Waals surface area (Å²) >= 11 is 0. The van der Waals surface area contributed by atoms with Crippen LogP contribution < -0.4 is 4.74 Å². The van der Waals surface area contributed by atoms with Crippen LogP contribution in [-0.2, 0) is 12.8 Å². The monoisotopic (exact) mass is 255 g/mol. The molecule has 2 rings (SSSR count). The Hall–Kier alpha value is -2.28. The summed E-state index contributed by atoms with van der Waals surface area (Å²) in [6.07, 6.45) is 1.28. The number of nitrogens with one attached hydrogen (secondary N) is 1. The van der Waals surface area contributed by atoms with Crippen molar-refractivity contribution < 1.29 is 4.74 Å². The van der Waals surface area contributed by atoms with E-state index in [0.717, 1.165) is 34.9 Å². The van der Waals surface area contributed by atoms with Crippen molar-refractivity contribution in [3.8, 4) is 23.2 Å². The summed E-state index contributed by atoms with van der Waals surface area (Å²) in [6.45, 7) is 4.04. The average molecular weight is 255 g/mol. The van der Waals surface area contributed by atoms with Gasteiger partial charge in [-0.05, 0) is 31.0 Å². The van der Waals surface area contributed by atoms with Gasteiger partial charge in [0.05, 0.1) is 30.9 Å². The Morgan fingerprint density at radius 1 is 1.42 bits per heavy atom. The summed E-state index contributed by atoms with van der Waals surface area (Å²) in [5.41, 5.74) is 3.89. The highest BCUT2D eigenvalue weighted by Crippen LogP contribution is 2.29. The minimum atomic E-state index is 0.318. The number of benzene rings is 1. The van der Waals surface area contributed by atoms with Gasteiger partial charge in [-0.3, -0.25) is 0 Å². The molecule has 0 aliphatic carbocycles. The van der Waals surface area contributed by atoms with Crippen molar-refractivity contribution in [2.24, 2.45) is 0 Å². The number of rotatable bonds is 4. The lowest BCUT2D eigenvalue weighted by Crippen LogP contribution is -1.92. The van der Waals surface area contributed by atoms with Gasteiger partial charge in [0.2, 0.25) is 0 Å². The highest BCUT2D eigenvalue weighted by molar-refractivity contribution is 5.66. The van der Waals surface area contributed by atoms with E-state index in [1.807, 2.05) is 19.1 Å². The van der Waals surface area contributed by atoms with Gasteiger partial charge in [0, 0.05) is 5.69 Å². The van der Waals surface area contributed by atoms with Crippen LogP contribution in [-0.4, -0.2) is 17.1 Å². The molecule has 0 radical (unpaired) electrons. The number of nitrogens with zero attached hydrogens (tertiary/aromatic N) is 2. The third-order valence-corrected chi connectivity index (χ3v) is 3.16. The first-order valence-electron chi connectivity index (χ1n) is 6.29. The van der Waals surface area contributed by atoms with Crippen molar-refractivity contribution in [2.75, 3.05) is 7.11 Å². The molecule has 2 aromatic rings. The summed E-state index contributed by atoms with van der Waals surface area (Å²) in [7, 11) is 1.65. The lowest BCUT2D eigenvalue weighted by molar-refractivity contribution is 0.416. The molecule has 1 heterocycles. The number of nitriles is 1. The number of aromatic amines is 1. The normalized spacial score (nSPS) is 10.2. The third-order valence-electron chi connectivity index (χ3n) is 3.16. The van der Waals surface area contributed by atoms with Crippen molar-refractivity contribution in [1.29, 1.82) is 5.26 Å². The average Bonchev–Trinajstić information content (AvgIpc) is 2.80. The van der Waals surface area contributed by atoms with Gasteiger partial charge in [0.15, 0.2) is 0 Å². The lowest BCUT2D eigenvalue weighted by Gasteiger charge is -2.08. The number of ether oxygens (including phenoxy) is 1.